The number of hydrogen-bond acceptors (Lipinski definition) is 5. The molecule has 1 aliphatic heterocycles. The van der Waals surface area contributed by atoms with E-state index in [0.717, 1.165) is 29.8 Å². The number of fused-ring (bicyclic) bond motifs is 1. The second kappa shape index (κ2) is 7.55. The van der Waals surface area contributed by atoms with E-state index in [1.165, 1.54) is 4.52 Å². The molecule has 5 heterocycles. The van der Waals surface area contributed by atoms with E-state index >= 15 is 0 Å². The number of aromatic nitrogens is 5. The lowest BCUT2D eigenvalue weighted by atomic mass is 9.93. The average Bonchev–Trinajstić information content (AvgIpc) is 3.25. The first-order valence-corrected chi connectivity index (χ1v) is 9.91. The van der Waals surface area contributed by atoms with Gasteiger partial charge in [-0.1, -0.05) is 0 Å². The minimum absolute atomic E-state index is 0.0195. The molecule has 0 saturated carbocycles. The van der Waals surface area contributed by atoms with E-state index in [2.05, 4.69) is 15.1 Å². The zero-order valence-corrected chi connectivity index (χ0v) is 16.2. The molecule has 8 heteroatoms. The number of nitrogens with one attached hydrogen (secondary N) is 1. The molecule has 0 bridgehead atoms. The van der Waals surface area contributed by atoms with Crippen molar-refractivity contribution >= 4 is 11.6 Å². The molecule has 1 N–H and O–H groups in total. The van der Waals surface area contributed by atoms with Gasteiger partial charge in [-0.25, -0.2) is 9.50 Å². The fraction of sp³-hybridized carbons (Fsp3) is 0.227. The molecule has 1 fully saturated rings. The van der Waals surface area contributed by atoms with Crippen LogP contribution in [-0.4, -0.2) is 48.5 Å². The van der Waals surface area contributed by atoms with Crippen molar-refractivity contribution in [1.82, 2.24) is 29.5 Å². The summed E-state index contributed by atoms with van der Waals surface area (Å²) in [5.41, 5.74) is 3.57. The number of amides is 1. The quantitative estimate of drug-likeness (QED) is 0.570. The van der Waals surface area contributed by atoms with Crippen LogP contribution in [0, 0.1) is 0 Å². The van der Waals surface area contributed by atoms with Gasteiger partial charge in [-0.3, -0.25) is 24.7 Å². The summed E-state index contributed by atoms with van der Waals surface area (Å²) in [5, 5.41) is 3.09. The number of carbonyl (C=O) groups excluding carboxylic acids is 1. The summed E-state index contributed by atoms with van der Waals surface area (Å²) < 4.78 is 1.45. The number of carbonyl (C=O) groups is 1. The highest BCUT2D eigenvalue weighted by atomic mass is 16.2. The van der Waals surface area contributed by atoms with Crippen molar-refractivity contribution in [1.29, 1.82) is 0 Å². The molecule has 1 aliphatic rings. The van der Waals surface area contributed by atoms with Crippen molar-refractivity contribution in [3.05, 3.63) is 82.8 Å². The van der Waals surface area contributed by atoms with Gasteiger partial charge in [0.05, 0.1) is 11.4 Å². The van der Waals surface area contributed by atoms with E-state index in [4.69, 9.17) is 4.98 Å². The third-order valence-corrected chi connectivity index (χ3v) is 5.57. The predicted molar refractivity (Wildman–Crippen MR) is 111 cm³/mol. The second-order valence-corrected chi connectivity index (χ2v) is 7.43. The number of piperidine rings is 1. The molecule has 0 aromatic carbocycles. The van der Waals surface area contributed by atoms with Crippen LogP contribution in [0.3, 0.4) is 0 Å². The smallest absolute Gasteiger partial charge is 0.272 e. The van der Waals surface area contributed by atoms with Gasteiger partial charge in [-0.15, -0.1) is 0 Å². The van der Waals surface area contributed by atoms with E-state index in [1.54, 1.807) is 43.0 Å². The van der Waals surface area contributed by atoms with Crippen molar-refractivity contribution in [2.75, 3.05) is 13.1 Å². The predicted octanol–water partition coefficient (Wildman–Crippen LogP) is 2.50. The fourth-order valence-electron chi connectivity index (χ4n) is 3.94. The molecule has 0 unspecified atom stereocenters. The van der Waals surface area contributed by atoms with Gasteiger partial charge in [0, 0.05) is 67.1 Å². The largest absolute Gasteiger partial charge is 0.339 e. The maximum Gasteiger partial charge on any atom is 0.272 e. The Bertz CT molecular complexity index is 1240. The van der Waals surface area contributed by atoms with E-state index in [9.17, 15) is 9.59 Å². The summed E-state index contributed by atoms with van der Waals surface area (Å²) in [6.45, 7) is 1.28. The number of nitrogens with zero attached hydrogens (tertiary/aromatic N) is 5. The lowest BCUT2D eigenvalue weighted by molar-refractivity contribution is 0.0712. The summed E-state index contributed by atoms with van der Waals surface area (Å²) in [7, 11) is 0. The van der Waals surface area contributed by atoms with Gasteiger partial charge in [0.25, 0.3) is 11.5 Å². The summed E-state index contributed by atoms with van der Waals surface area (Å²) >= 11 is 0. The van der Waals surface area contributed by atoms with Crippen LogP contribution < -0.4 is 5.56 Å². The molecule has 0 radical (unpaired) electrons. The van der Waals surface area contributed by atoms with E-state index < -0.39 is 0 Å². The van der Waals surface area contributed by atoms with Crippen LogP contribution in [0.1, 0.15) is 34.8 Å². The van der Waals surface area contributed by atoms with Gasteiger partial charge in [0.2, 0.25) is 0 Å². The highest BCUT2D eigenvalue weighted by Crippen LogP contribution is 2.27. The minimum Gasteiger partial charge on any atom is -0.339 e. The number of rotatable bonds is 3. The summed E-state index contributed by atoms with van der Waals surface area (Å²) in [6.07, 6.45) is 8.26. The van der Waals surface area contributed by atoms with Crippen LogP contribution >= 0.6 is 0 Å². The molecular weight excluding hydrogens is 380 g/mol. The molecular formula is C22H20N6O2. The molecule has 0 aliphatic carbocycles. The molecule has 150 valence electrons. The van der Waals surface area contributed by atoms with Crippen LogP contribution in [0.25, 0.3) is 16.9 Å². The van der Waals surface area contributed by atoms with Gasteiger partial charge in [-0.2, -0.15) is 0 Å². The molecule has 1 saturated heterocycles. The fourth-order valence-corrected chi connectivity index (χ4v) is 3.94. The molecule has 4 aromatic rings. The summed E-state index contributed by atoms with van der Waals surface area (Å²) in [5.74, 6) is 0.173. The Hall–Kier alpha value is -3.81. The number of hydrogen-bond donors (Lipinski definition) is 1. The molecule has 30 heavy (non-hydrogen) atoms. The lowest BCUT2D eigenvalue weighted by Gasteiger charge is -2.31. The number of aromatic amines is 1. The van der Waals surface area contributed by atoms with Crippen molar-refractivity contribution in [3.8, 4) is 11.3 Å². The molecule has 0 atom stereocenters. The first-order valence-electron chi connectivity index (χ1n) is 9.91. The zero-order chi connectivity index (χ0) is 20.5. The third-order valence-electron chi connectivity index (χ3n) is 5.57. The molecule has 8 nitrogen and oxygen atoms in total. The van der Waals surface area contributed by atoms with Crippen molar-refractivity contribution in [2.24, 2.45) is 0 Å². The van der Waals surface area contributed by atoms with Gasteiger partial charge in [0.15, 0.2) is 5.65 Å². The first-order chi connectivity index (χ1) is 14.7. The number of H-pyrrole nitrogens is 1. The minimum atomic E-state index is -0.138. The van der Waals surface area contributed by atoms with Crippen LogP contribution in [0.2, 0.25) is 0 Å². The maximum atomic E-state index is 12.7. The Balaban J connectivity index is 1.36. The Labute approximate surface area is 172 Å². The van der Waals surface area contributed by atoms with Crippen LogP contribution in [0.4, 0.5) is 0 Å². The highest BCUT2D eigenvalue weighted by Gasteiger charge is 2.26. The third kappa shape index (κ3) is 3.36. The zero-order valence-electron chi connectivity index (χ0n) is 16.2. The van der Waals surface area contributed by atoms with E-state index in [-0.39, 0.29) is 17.4 Å². The topological polar surface area (TPSA) is 96.2 Å². The van der Waals surface area contributed by atoms with Gasteiger partial charge < -0.3 is 4.90 Å². The normalized spacial score (nSPS) is 14.9. The Morgan fingerprint density at radius 1 is 1.03 bits per heavy atom. The summed E-state index contributed by atoms with van der Waals surface area (Å²) in [4.78, 5) is 40.0. The molecule has 0 spiro atoms. The highest BCUT2D eigenvalue weighted by molar-refractivity contribution is 5.94. The number of likely N-dealkylation sites (tertiary alicyclic amines) is 1. The molecule has 4 aromatic heterocycles. The van der Waals surface area contributed by atoms with Gasteiger partial charge in [-0.05, 0) is 37.1 Å². The second-order valence-electron chi connectivity index (χ2n) is 7.43. The average molecular weight is 400 g/mol. The Morgan fingerprint density at radius 3 is 2.57 bits per heavy atom. The number of pyridine rings is 2. The molecule has 5 rings (SSSR count). The van der Waals surface area contributed by atoms with Crippen LogP contribution in [-0.2, 0) is 0 Å². The lowest BCUT2D eigenvalue weighted by Crippen LogP contribution is -2.38. The monoisotopic (exact) mass is 400 g/mol. The standard InChI is InChI=1S/C22H20N6O2/c29-21-13-18(25-20-12-19(26-28(20)21)17-2-1-7-24-14-17)15-5-10-27(11-6-15)22(30)16-3-8-23-9-4-16/h1-4,7-9,12-15,26H,5-6,10-11H2. The van der Waals surface area contributed by atoms with Crippen LogP contribution in [0.15, 0.2) is 66.0 Å². The van der Waals surface area contributed by atoms with Gasteiger partial charge in [0.1, 0.15) is 0 Å². The van der Waals surface area contributed by atoms with Crippen molar-refractivity contribution in [2.45, 2.75) is 18.8 Å². The van der Waals surface area contributed by atoms with Gasteiger partial charge >= 0.3 is 0 Å². The Kier molecular flexibility index (Phi) is 4.59. The Morgan fingerprint density at radius 2 is 1.83 bits per heavy atom. The molecule has 1 amide bonds. The maximum absolute atomic E-state index is 12.7. The van der Waals surface area contributed by atoms with Crippen molar-refractivity contribution in [3.63, 3.8) is 0 Å². The SMILES string of the molecule is O=C(c1ccncc1)N1CCC(c2cc(=O)n3[nH]c(-c4cccnc4)cc3n2)CC1. The summed E-state index contributed by atoms with van der Waals surface area (Å²) in [6, 6.07) is 10.7. The van der Waals surface area contributed by atoms with E-state index in [1.807, 2.05) is 23.1 Å². The van der Waals surface area contributed by atoms with Crippen molar-refractivity contribution < 1.29 is 4.79 Å². The van der Waals surface area contributed by atoms with Crippen LogP contribution in [0.5, 0.6) is 0 Å². The first kappa shape index (κ1) is 18.2. The van der Waals surface area contributed by atoms with E-state index in [0.29, 0.717) is 24.3 Å².